The maximum atomic E-state index is 12.2. The van der Waals surface area contributed by atoms with Gasteiger partial charge in [-0.3, -0.25) is 14.9 Å². The minimum absolute atomic E-state index is 0.00349. The van der Waals surface area contributed by atoms with Crippen LogP contribution in [0.1, 0.15) is 15.9 Å². The topological polar surface area (TPSA) is 145 Å². The van der Waals surface area contributed by atoms with Crippen LogP contribution < -0.4 is 10.0 Å². The number of nitrogens with zero attached hydrogens (tertiary/aromatic N) is 1. The number of nitro groups is 1. The first-order chi connectivity index (χ1) is 14.2. The highest BCUT2D eigenvalue weighted by atomic mass is 32.2. The van der Waals surface area contributed by atoms with Gasteiger partial charge in [-0.15, -0.1) is 6.42 Å². The van der Waals surface area contributed by atoms with Gasteiger partial charge in [0.2, 0.25) is 10.0 Å². The number of nitrogens with one attached hydrogen (secondary N) is 2. The molecule has 0 spiro atoms. The van der Waals surface area contributed by atoms with Crippen LogP contribution in [-0.4, -0.2) is 38.4 Å². The third kappa shape index (κ3) is 5.63. The van der Waals surface area contributed by atoms with Crippen molar-refractivity contribution in [3.8, 4) is 12.3 Å². The highest BCUT2D eigenvalue weighted by Crippen LogP contribution is 2.27. The molecule has 0 aliphatic rings. The molecule has 0 atom stereocenters. The molecule has 0 aliphatic heterocycles. The lowest BCUT2D eigenvalue weighted by molar-refractivity contribution is -0.384. The molecule has 11 heteroatoms. The number of amides is 1. The number of para-hydroxylation sites is 1. The summed E-state index contributed by atoms with van der Waals surface area (Å²) in [6.45, 7) is 0.633. The molecule has 0 bridgehead atoms. The van der Waals surface area contributed by atoms with Crippen molar-refractivity contribution in [3.05, 3.63) is 63.7 Å². The highest BCUT2D eigenvalue weighted by Gasteiger charge is 2.20. The monoisotopic (exact) mass is 431 g/mol. The van der Waals surface area contributed by atoms with E-state index in [0.29, 0.717) is 5.56 Å². The quantitative estimate of drug-likeness (QED) is 0.279. The number of benzene rings is 2. The number of esters is 1. The predicted molar refractivity (Wildman–Crippen MR) is 107 cm³/mol. The molecular formula is C19H17N3O7S. The van der Waals surface area contributed by atoms with Gasteiger partial charge in [-0.25, -0.2) is 13.2 Å². The second-order valence-electron chi connectivity index (χ2n) is 5.91. The molecule has 0 saturated heterocycles. The van der Waals surface area contributed by atoms with Crippen molar-refractivity contribution in [2.75, 3.05) is 18.5 Å². The average Bonchev–Trinajstić information content (AvgIpc) is 2.72. The first-order valence-corrected chi connectivity index (χ1v) is 9.88. The van der Waals surface area contributed by atoms with E-state index in [4.69, 9.17) is 11.2 Å². The number of hydrogen-bond acceptors (Lipinski definition) is 7. The van der Waals surface area contributed by atoms with Gasteiger partial charge in [0.25, 0.3) is 11.6 Å². The lowest BCUT2D eigenvalue weighted by Gasteiger charge is -2.10. The minimum atomic E-state index is -3.91. The van der Waals surface area contributed by atoms with E-state index in [1.165, 1.54) is 30.3 Å². The molecule has 2 rings (SSSR count). The van der Waals surface area contributed by atoms with Crippen molar-refractivity contribution in [3.63, 3.8) is 0 Å². The van der Waals surface area contributed by atoms with Crippen LogP contribution in [0.25, 0.3) is 0 Å². The van der Waals surface area contributed by atoms with E-state index in [1.54, 1.807) is 13.0 Å². The maximum absolute atomic E-state index is 12.2. The Labute approximate surface area is 172 Å². The summed E-state index contributed by atoms with van der Waals surface area (Å²) in [6, 6.07) is 9.27. The zero-order chi connectivity index (χ0) is 22.3. The first kappa shape index (κ1) is 22.5. The largest absolute Gasteiger partial charge is 0.452 e. The average molecular weight is 431 g/mol. The smallest absolute Gasteiger partial charge is 0.338 e. The van der Waals surface area contributed by atoms with E-state index in [9.17, 15) is 28.1 Å². The first-order valence-electron chi connectivity index (χ1n) is 8.40. The Morgan fingerprint density at radius 2 is 1.93 bits per heavy atom. The Morgan fingerprint density at radius 1 is 1.23 bits per heavy atom. The summed E-state index contributed by atoms with van der Waals surface area (Å²) in [5, 5.41) is 13.4. The van der Waals surface area contributed by atoms with Gasteiger partial charge in [0.05, 0.1) is 21.9 Å². The normalized spacial score (nSPS) is 10.7. The third-order valence-corrected chi connectivity index (χ3v) is 5.19. The summed E-state index contributed by atoms with van der Waals surface area (Å²) in [4.78, 5) is 34.5. The van der Waals surface area contributed by atoms with Gasteiger partial charge in [0, 0.05) is 6.07 Å². The number of aryl methyl sites for hydroxylation is 1. The lowest BCUT2D eigenvalue weighted by atomic mass is 10.1. The number of sulfonamides is 1. The molecule has 10 nitrogen and oxygen atoms in total. The molecular weight excluding hydrogens is 414 g/mol. The molecule has 0 unspecified atom stereocenters. The molecule has 156 valence electrons. The number of rotatable bonds is 8. The van der Waals surface area contributed by atoms with Crippen molar-refractivity contribution in [2.24, 2.45) is 0 Å². The second-order valence-corrected chi connectivity index (χ2v) is 7.67. The van der Waals surface area contributed by atoms with Gasteiger partial charge in [-0.05, 0) is 30.7 Å². The van der Waals surface area contributed by atoms with Crippen molar-refractivity contribution >= 4 is 33.3 Å². The van der Waals surface area contributed by atoms with Crippen LogP contribution >= 0.6 is 0 Å². The molecule has 2 aromatic rings. The fourth-order valence-corrected chi connectivity index (χ4v) is 3.35. The van der Waals surface area contributed by atoms with E-state index < -0.39 is 33.4 Å². The molecule has 0 heterocycles. The molecule has 0 radical (unpaired) electrons. The number of ether oxygens (including phenoxy) is 1. The Balaban J connectivity index is 2.07. The Morgan fingerprint density at radius 3 is 2.60 bits per heavy atom. The van der Waals surface area contributed by atoms with Crippen LogP contribution in [0.4, 0.5) is 11.4 Å². The van der Waals surface area contributed by atoms with E-state index in [-0.39, 0.29) is 28.4 Å². The lowest BCUT2D eigenvalue weighted by Crippen LogP contribution is -2.24. The van der Waals surface area contributed by atoms with Crippen molar-refractivity contribution in [1.29, 1.82) is 0 Å². The summed E-state index contributed by atoms with van der Waals surface area (Å²) < 4.78 is 31.2. The standard InChI is InChI=1S/C19H17N3O7S/c1-3-10-20-30(27,28)15-8-5-7-14(11-15)19(24)29-12-17(23)21-18-13(2)6-4-9-16(18)22(25)26/h1,4-9,11,20H,10,12H2,2H3,(H,21,23). The Bertz CT molecular complexity index is 1140. The number of carbonyl (C=O) groups is 2. The molecule has 30 heavy (non-hydrogen) atoms. The SMILES string of the molecule is C#CCNS(=O)(=O)c1cccc(C(=O)OCC(=O)Nc2c(C)cccc2[N+](=O)[O-])c1. The molecule has 0 fully saturated rings. The summed E-state index contributed by atoms with van der Waals surface area (Å²) in [7, 11) is -3.91. The maximum Gasteiger partial charge on any atom is 0.338 e. The number of anilines is 1. The van der Waals surface area contributed by atoms with E-state index in [2.05, 4.69) is 16.0 Å². The molecule has 1 amide bonds. The predicted octanol–water partition coefficient (Wildman–Crippen LogP) is 1.61. The van der Waals surface area contributed by atoms with Crippen LogP contribution in [0.5, 0.6) is 0 Å². The molecule has 2 aromatic carbocycles. The zero-order valence-electron chi connectivity index (χ0n) is 15.7. The fourth-order valence-electron chi connectivity index (χ4n) is 2.37. The number of carbonyl (C=O) groups excluding carboxylic acids is 2. The van der Waals surface area contributed by atoms with E-state index >= 15 is 0 Å². The van der Waals surface area contributed by atoms with E-state index in [1.807, 2.05) is 0 Å². The van der Waals surface area contributed by atoms with Crippen molar-refractivity contribution in [1.82, 2.24) is 4.72 Å². The van der Waals surface area contributed by atoms with Crippen molar-refractivity contribution in [2.45, 2.75) is 11.8 Å². The van der Waals surface area contributed by atoms with Gasteiger partial charge in [0.15, 0.2) is 6.61 Å². The van der Waals surface area contributed by atoms with Gasteiger partial charge < -0.3 is 10.1 Å². The van der Waals surface area contributed by atoms with E-state index in [0.717, 1.165) is 6.07 Å². The Kier molecular flexibility index (Phi) is 7.24. The fraction of sp³-hybridized carbons (Fsp3) is 0.158. The van der Waals surface area contributed by atoms with Crippen LogP contribution in [-0.2, 0) is 19.6 Å². The molecule has 0 saturated carbocycles. The molecule has 2 N–H and O–H groups in total. The van der Waals surface area contributed by atoms with Crippen molar-refractivity contribution < 1.29 is 27.7 Å². The second kappa shape index (κ2) is 9.64. The van der Waals surface area contributed by atoms with Crippen LogP contribution in [0.2, 0.25) is 0 Å². The van der Waals surface area contributed by atoms with Gasteiger partial charge >= 0.3 is 5.97 Å². The van der Waals surface area contributed by atoms with Gasteiger partial charge in [-0.1, -0.05) is 24.1 Å². The number of nitro benzene ring substituents is 1. The van der Waals surface area contributed by atoms with Crippen LogP contribution in [0, 0.1) is 29.4 Å². The molecule has 0 aromatic heterocycles. The third-order valence-electron chi connectivity index (χ3n) is 3.79. The number of hydrogen-bond donors (Lipinski definition) is 2. The summed E-state index contributed by atoms with van der Waals surface area (Å²) in [5.41, 5.74) is 0.0535. The summed E-state index contributed by atoms with van der Waals surface area (Å²) in [5.74, 6) is 0.393. The zero-order valence-corrected chi connectivity index (χ0v) is 16.6. The van der Waals surface area contributed by atoms with Crippen LogP contribution in [0.15, 0.2) is 47.4 Å². The summed E-state index contributed by atoms with van der Waals surface area (Å²) in [6.07, 6.45) is 5.02. The summed E-state index contributed by atoms with van der Waals surface area (Å²) >= 11 is 0. The van der Waals surface area contributed by atoms with Gasteiger partial charge in [0.1, 0.15) is 5.69 Å². The van der Waals surface area contributed by atoms with Crippen LogP contribution in [0.3, 0.4) is 0 Å². The van der Waals surface area contributed by atoms with Gasteiger partial charge in [-0.2, -0.15) is 4.72 Å². The highest BCUT2D eigenvalue weighted by molar-refractivity contribution is 7.89. The Hall–Kier alpha value is -3.75. The molecule has 0 aliphatic carbocycles. The number of terminal acetylenes is 1. The minimum Gasteiger partial charge on any atom is -0.452 e.